The van der Waals surface area contributed by atoms with Gasteiger partial charge in [-0.15, -0.1) is 0 Å². The van der Waals surface area contributed by atoms with Gasteiger partial charge in [0.25, 0.3) is 0 Å². The summed E-state index contributed by atoms with van der Waals surface area (Å²) in [4.78, 5) is 27.8. The Labute approximate surface area is 165 Å². The molecule has 8 heteroatoms. The van der Waals surface area contributed by atoms with Gasteiger partial charge in [0.05, 0.1) is 11.7 Å². The summed E-state index contributed by atoms with van der Waals surface area (Å²) >= 11 is 0. The van der Waals surface area contributed by atoms with E-state index in [2.05, 4.69) is 10.6 Å². The molecule has 28 heavy (non-hydrogen) atoms. The van der Waals surface area contributed by atoms with E-state index < -0.39 is 5.60 Å². The number of hydrogen-bond acceptors (Lipinski definition) is 5. The Balaban J connectivity index is 1.56. The number of nitrogens with zero attached hydrogens (tertiary/aromatic N) is 2. The molecule has 1 aromatic carbocycles. The summed E-state index contributed by atoms with van der Waals surface area (Å²) in [6.45, 7) is 8.32. The van der Waals surface area contributed by atoms with Gasteiger partial charge in [0.15, 0.2) is 0 Å². The van der Waals surface area contributed by atoms with E-state index in [0.29, 0.717) is 37.6 Å². The number of carbonyl (C=O) groups is 2. The molecule has 0 bridgehead atoms. The predicted molar refractivity (Wildman–Crippen MR) is 106 cm³/mol. The number of halogens is 1. The molecule has 7 nitrogen and oxygen atoms in total. The third-order valence-corrected chi connectivity index (χ3v) is 4.86. The molecule has 0 radical (unpaired) electrons. The molecule has 2 fully saturated rings. The van der Waals surface area contributed by atoms with Crippen molar-refractivity contribution in [1.29, 1.82) is 0 Å². The van der Waals surface area contributed by atoms with Crippen LogP contribution in [0.1, 0.15) is 33.6 Å². The van der Waals surface area contributed by atoms with Crippen LogP contribution in [0, 0.1) is 5.82 Å². The molecular weight excluding hydrogens is 363 g/mol. The van der Waals surface area contributed by atoms with Crippen LogP contribution in [0.15, 0.2) is 18.2 Å². The van der Waals surface area contributed by atoms with Crippen LogP contribution in [-0.4, -0.2) is 61.3 Å². The SMILES string of the molecule is CC(C)(C)OC(=O)N1CCN(c2ccc(NC(=O)[C@H]3CCCN3)cc2F)CC1. The van der Waals surface area contributed by atoms with Crippen molar-refractivity contribution in [1.82, 2.24) is 10.2 Å². The molecule has 154 valence electrons. The first kappa shape index (κ1) is 20.4. The summed E-state index contributed by atoms with van der Waals surface area (Å²) in [6, 6.07) is 4.54. The number of hydrogen-bond donors (Lipinski definition) is 2. The molecule has 0 aliphatic carbocycles. The van der Waals surface area contributed by atoms with Gasteiger partial charge in [-0.1, -0.05) is 0 Å². The predicted octanol–water partition coefficient (Wildman–Crippen LogP) is 2.57. The lowest BCUT2D eigenvalue weighted by Crippen LogP contribution is -2.50. The molecule has 0 spiro atoms. The van der Waals surface area contributed by atoms with Crippen LogP contribution >= 0.6 is 0 Å². The Morgan fingerprint density at radius 1 is 1.21 bits per heavy atom. The van der Waals surface area contributed by atoms with Gasteiger partial charge in [-0.25, -0.2) is 9.18 Å². The first-order chi connectivity index (χ1) is 13.2. The van der Waals surface area contributed by atoms with Crippen LogP contribution in [0.3, 0.4) is 0 Å². The van der Waals surface area contributed by atoms with Crippen molar-refractivity contribution in [2.45, 2.75) is 45.3 Å². The molecule has 0 saturated carbocycles. The average Bonchev–Trinajstić information content (AvgIpc) is 3.15. The maximum absolute atomic E-state index is 14.6. The first-order valence-electron chi connectivity index (χ1n) is 9.79. The summed E-state index contributed by atoms with van der Waals surface area (Å²) in [5, 5.41) is 5.89. The highest BCUT2D eigenvalue weighted by Crippen LogP contribution is 2.25. The second-order valence-electron chi connectivity index (χ2n) is 8.26. The molecule has 2 aliphatic rings. The first-order valence-corrected chi connectivity index (χ1v) is 9.79. The fourth-order valence-corrected chi connectivity index (χ4v) is 3.44. The van der Waals surface area contributed by atoms with Crippen LogP contribution in [0.2, 0.25) is 0 Å². The molecule has 3 rings (SSSR count). The minimum atomic E-state index is -0.533. The van der Waals surface area contributed by atoms with E-state index in [1.54, 1.807) is 17.0 Å². The van der Waals surface area contributed by atoms with Crippen molar-refractivity contribution in [3.8, 4) is 0 Å². The quantitative estimate of drug-likeness (QED) is 0.827. The normalized spacial score (nSPS) is 20.2. The minimum Gasteiger partial charge on any atom is -0.444 e. The highest BCUT2D eigenvalue weighted by atomic mass is 19.1. The van der Waals surface area contributed by atoms with Gasteiger partial charge >= 0.3 is 6.09 Å². The molecule has 1 aromatic rings. The fourth-order valence-electron chi connectivity index (χ4n) is 3.44. The van der Waals surface area contributed by atoms with Crippen LogP contribution in [0.5, 0.6) is 0 Å². The zero-order valence-electron chi connectivity index (χ0n) is 16.8. The number of anilines is 2. The molecule has 2 N–H and O–H groups in total. The van der Waals surface area contributed by atoms with E-state index in [1.807, 2.05) is 25.7 Å². The summed E-state index contributed by atoms with van der Waals surface area (Å²) in [6.07, 6.45) is 1.43. The van der Waals surface area contributed by atoms with E-state index in [0.717, 1.165) is 19.4 Å². The molecule has 0 aromatic heterocycles. The number of rotatable bonds is 3. The third kappa shape index (κ3) is 5.13. The van der Waals surface area contributed by atoms with E-state index in [4.69, 9.17) is 4.74 Å². The van der Waals surface area contributed by atoms with Crippen molar-refractivity contribution in [2.75, 3.05) is 42.9 Å². The van der Waals surface area contributed by atoms with Crippen molar-refractivity contribution >= 4 is 23.4 Å². The van der Waals surface area contributed by atoms with Crippen molar-refractivity contribution < 1.29 is 18.7 Å². The van der Waals surface area contributed by atoms with Crippen molar-refractivity contribution in [3.63, 3.8) is 0 Å². The lowest BCUT2D eigenvalue weighted by Gasteiger charge is -2.36. The monoisotopic (exact) mass is 392 g/mol. The lowest BCUT2D eigenvalue weighted by molar-refractivity contribution is -0.117. The second kappa shape index (κ2) is 8.34. The van der Waals surface area contributed by atoms with E-state index >= 15 is 0 Å². The van der Waals surface area contributed by atoms with Crippen LogP contribution in [0.4, 0.5) is 20.6 Å². The Kier molecular flexibility index (Phi) is 6.07. The topological polar surface area (TPSA) is 73.9 Å². The number of piperazine rings is 1. The molecule has 2 amide bonds. The van der Waals surface area contributed by atoms with Crippen molar-refractivity contribution in [2.24, 2.45) is 0 Å². The summed E-state index contributed by atoms with van der Waals surface area (Å²) < 4.78 is 20.0. The van der Waals surface area contributed by atoms with Gasteiger partial charge < -0.3 is 25.2 Å². The highest BCUT2D eigenvalue weighted by Gasteiger charge is 2.27. The molecule has 2 saturated heterocycles. The highest BCUT2D eigenvalue weighted by molar-refractivity contribution is 5.95. The Hall–Kier alpha value is -2.35. The smallest absolute Gasteiger partial charge is 0.410 e. The Morgan fingerprint density at radius 2 is 1.93 bits per heavy atom. The lowest BCUT2D eigenvalue weighted by atomic mass is 10.2. The zero-order chi connectivity index (χ0) is 20.3. The van der Waals surface area contributed by atoms with Gasteiger partial charge in [-0.2, -0.15) is 0 Å². The third-order valence-electron chi connectivity index (χ3n) is 4.86. The summed E-state index contributed by atoms with van der Waals surface area (Å²) in [7, 11) is 0. The summed E-state index contributed by atoms with van der Waals surface area (Å²) in [5.41, 5.74) is 0.391. The maximum atomic E-state index is 14.6. The standard InChI is InChI=1S/C20H29FN4O3/c1-20(2,3)28-19(27)25-11-9-24(10-12-25)17-7-6-14(13-15(17)21)23-18(26)16-5-4-8-22-16/h6-7,13,16,22H,4-5,8-12H2,1-3H3,(H,23,26)/t16-/m1/s1. The van der Waals surface area contributed by atoms with Gasteiger partial charge in [0.2, 0.25) is 5.91 Å². The van der Waals surface area contributed by atoms with E-state index in [-0.39, 0.29) is 23.9 Å². The number of amides is 2. The zero-order valence-corrected chi connectivity index (χ0v) is 16.8. The number of nitrogens with one attached hydrogen (secondary N) is 2. The van der Waals surface area contributed by atoms with Crippen LogP contribution in [-0.2, 0) is 9.53 Å². The average molecular weight is 392 g/mol. The van der Waals surface area contributed by atoms with Gasteiger partial charge in [0.1, 0.15) is 11.4 Å². The van der Waals surface area contributed by atoms with Gasteiger partial charge in [-0.05, 0) is 58.4 Å². The minimum absolute atomic E-state index is 0.129. The molecule has 2 aliphatic heterocycles. The number of benzene rings is 1. The van der Waals surface area contributed by atoms with Gasteiger partial charge in [0, 0.05) is 31.9 Å². The van der Waals surface area contributed by atoms with Crippen LogP contribution < -0.4 is 15.5 Å². The number of carbonyl (C=O) groups excluding carboxylic acids is 2. The Bertz CT molecular complexity index is 721. The molecular formula is C20H29FN4O3. The fraction of sp³-hybridized carbons (Fsp3) is 0.600. The largest absolute Gasteiger partial charge is 0.444 e. The second-order valence-corrected chi connectivity index (χ2v) is 8.26. The van der Waals surface area contributed by atoms with Gasteiger partial charge in [-0.3, -0.25) is 4.79 Å². The maximum Gasteiger partial charge on any atom is 0.410 e. The molecule has 2 heterocycles. The Morgan fingerprint density at radius 3 is 2.50 bits per heavy atom. The van der Waals surface area contributed by atoms with E-state index in [1.165, 1.54) is 6.07 Å². The van der Waals surface area contributed by atoms with Crippen LogP contribution in [0.25, 0.3) is 0 Å². The summed E-state index contributed by atoms with van der Waals surface area (Å²) in [5.74, 6) is -0.515. The number of ether oxygens (including phenoxy) is 1. The van der Waals surface area contributed by atoms with E-state index in [9.17, 15) is 14.0 Å². The molecule has 0 unspecified atom stereocenters. The van der Waals surface area contributed by atoms with Crippen molar-refractivity contribution in [3.05, 3.63) is 24.0 Å². The molecule has 1 atom stereocenters.